The molecule has 0 fully saturated rings. The van der Waals surface area contributed by atoms with Gasteiger partial charge in [-0.2, -0.15) is 0 Å². The van der Waals surface area contributed by atoms with Crippen LogP contribution in [0.2, 0.25) is 0 Å². The first-order valence-corrected chi connectivity index (χ1v) is 5.30. The Morgan fingerprint density at radius 2 is 1.69 bits per heavy atom. The van der Waals surface area contributed by atoms with Crippen LogP contribution in [-0.4, -0.2) is 6.08 Å². The highest BCUT2D eigenvalue weighted by Gasteiger charge is 1.90. The second-order valence-electron chi connectivity index (χ2n) is 3.31. The highest BCUT2D eigenvalue weighted by Crippen LogP contribution is 2.08. The third-order valence-electron chi connectivity index (χ3n) is 2.08. The fourth-order valence-corrected chi connectivity index (χ4v) is 1.29. The first kappa shape index (κ1) is 12.4. The van der Waals surface area contributed by atoms with Crippen LogP contribution >= 0.6 is 0 Å². The van der Waals surface area contributed by atoms with Gasteiger partial charge in [-0.05, 0) is 6.42 Å². The lowest BCUT2D eigenvalue weighted by atomic mass is 10.1. The summed E-state index contributed by atoms with van der Waals surface area (Å²) >= 11 is 0. The average Bonchev–Trinajstić information content (AvgIpc) is 2.16. The number of aliphatic imine (C=N–C) groups is 1. The van der Waals surface area contributed by atoms with Gasteiger partial charge in [0.25, 0.3) is 0 Å². The Morgan fingerprint density at radius 1 is 1.08 bits per heavy atom. The van der Waals surface area contributed by atoms with E-state index in [2.05, 4.69) is 11.9 Å². The topological polar surface area (TPSA) is 29.4 Å². The van der Waals surface area contributed by atoms with E-state index in [-0.39, 0.29) is 0 Å². The molecule has 2 nitrogen and oxygen atoms in total. The zero-order valence-electron chi connectivity index (χ0n) is 8.59. The molecule has 75 valence electrons. The molecule has 0 amide bonds. The molecule has 0 saturated carbocycles. The molecule has 0 bridgehead atoms. The third kappa shape index (κ3) is 11.4. The fraction of sp³-hybridized carbons (Fsp3) is 0.818. The van der Waals surface area contributed by atoms with Crippen molar-refractivity contribution in [2.75, 3.05) is 0 Å². The number of nitrogens with zero attached hydrogens (tertiary/aromatic N) is 1. The summed E-state index contributed by atoms with van der Waals surface area (Å²) in [5.74, 6) is 0. The summed E-state index contributed by atoms with van der Waals surface area (Å²) in [5, 5.41) is 0. The number of isocyanates is 1. The second kappa shape index (κ2) is 11.4. The van der Waals surface area contributed by atoms with Crippen molar-refractivity contribution < 1.29 is 4.79 Å². The van der Waals surface area contributed by atoms with Crippen molar-refractivity contribution in [3.05, 3.63) is 6.54 Å². The quantitative estimate of drug-likeness (QED) is 0.304. The molecule has 0 aliphatic rings. The largest absolute Gasteiger partial charge is 0.235 e. The Kier molecular flexibility index (Phi) is 10.8. The predicted octanol–water partition coefficient (Wildman–Crippen LogP) is 3.62. The maximum Gasteiger partial charge on any atom is 0.235 e. The second-order valence-corrected chi connectivity index (χ2v) is 3.31. The standard InChI is InChI=1S/C11H20NO/c1-2-3-4-5-6-7-8-9-10-12-11-13/h10H,2-9H2,1H3. The van der Waals surface area contributed by atoms with Crippen LogP contribution in [0, 0.1) is 6.54 Å². The number of hydrogen-bond donors (Lipinski definition) is 0. The summed E-state index contributed by atoms with van der Waals surface area (Å²) in [5.41, 5.74) is 0. The van der Waals surface area contributed by atoms with Crippen LogP contribution in [0.15, 0.2) is 4.99 Å². The molecule has 0 aromatic carbocycles. The summed E-state index contributed by atoms with van der Waals surface area (Å²) in [7, 11) is 0. The van der Waals surface area contributed by atoms with Crippen LogP contribution in [0.4, 0.5) is 0 Å². The van der Waals surface area contributed by atoms with Gasteiger partial charge in [-0.15, -0.1) is 0 Å². The molecule has 2 heteroatoms. The Hall–Kier alpha value is -0.620. The van der Waals surface area contributed by atoms with Gasteiger partial charge in [-0.25, -0.2) is 9.79 Å². The monoisotopic (exact) mass is 182 g/mol. The van der Waals surface area contributed by atoms with E-state index in [0.717, 1.165) is 12.8 Å². The van der Waals surface area contributed by atoms with E-state index in [0.29, 0.717) is 0 Å². The molecule has 0 heterocycles. The molecule has 1 radical (unpaired) electrons. The molecule has 0 aliphatic heterocycles. The summed E-state index contributed by atoms with van der Waals surface area (Å²) in [6.45, 7) is 3.88. The van der Waals surface area contributed by atoms with E-state index in [4.69, 9.17) is 0 Å². The van der Waals surface area contributed by atoms with Crippen LogP contribution < -0.4 is 0 Å². The first-order valence-electron chi connectivity index (χ1n) is 5.30. The molecular formula is C11H20NO. The Balaban J connectivity index is 2.87. The molecule has 0 saturated heterocycles. The van der Waals surface area contributed by atoms with E-state index in [1.165, 1.54) is 44.6 Å². The molecule has 0 atom stereocenters. The van der Waals surface area contributed by atoms with Crippen LogP contribution in [0.25, 0.3) is 0 Å². The molecule has 13 heavy (non-hydrogen) atoms. The van der Waals surface area contributed by atoms with Gasteiger partial charge in [-0.3, -0.25) is 0 Å². The van der Waals surface area contributed by atoms with Gasteiger partial charge in [0, 0.05) is 0 Å². The van der Waals surface area contributed by atoms with Crippen molar-refractivity contribution in [2.45, 2.75) is 58.3 Å². The Bertz CT molecular complexity index is 139. The van der Waals surface area contributed by atoms with Crippen molar-refractivity contribution in [3.8, 4) is 0 Å². The van der Waals surface area contributed by atoms with E-state index >= 15 is 0 Å². The lowest BCUT2D eigenvalue weighted by Crippen LogP contribution is -1.80. The smallest absolute Gasteiger partial charge is 0.211 e. The van der Waals surface area contributed by atoms with Crippen molar-refractivity contribution in [1.82, 2.24) is 0 Å². The average molecular weight is 182 g/mol. The van der Waals surface area contributed by atoms with Crippen molar-refractivity contribution in [1.29, 1.82) is 0 Å². The van der Waals surface area contributed by atoms with Crippen LogP contribution in [0.5, 0.6) is 0 Å². The Labute approximate surface area is 81.4 Å². The molecule has 0 rings (SSSR count). The molecular weight excluding hydrogens is 162 g/mol. The predicted molar refractivity (Wildman–Crippen MR) is 55.0 cm³/mol. The minimum absolute atomic E-state index is 0.920. The summed E-state index contributed by atoms with van der Waals surface area (Å²) in [4.78, 5) is 13.1. The van der Waals surface area contributed by atoms with Crippen molar-refractivity contribution in [2.24, 2.45) is 4.99 Å². The summed E-state index contributed by atoms with van der Waals surface area (Å²) < 4.78 is 0. The maximum atomic E-state index is 9.69. The van der Waals surface area contributed by atoms with Gasteiger partial charge < -0.3 is 0 Å². The van der Waals surface area contributed by atoms with Gasteiger partial charge >= 0.3 is 0 Å². The zero-order valence-corrected chi connectivity index (χ0v) is 8.59. The number of hydrogen-bond acceptors (Lipinski definition) is 2. The van der Waals surface area contributed by atoms with Gasteiger partial charge in [0.15, 0.2) is 0 Å². The normalized spacial score (nSPS) is 9.62. The van der Waals surface area contributed by atoms with E-state index < -0.39 is 0 Å². The molecule has 0 spiro atoms. The van der Waals surface area contributed by atoms with Crippen LogP contribution in [0.1, 0.15) is 58.3 Å². The lowest BCUT2D eigenvalue weighted by Gasteiger charge is -1.98. The van der Waals surface area contributed by atoms with Crippen LogP contribution in [-0.2, 0) is 4.79 Å². The molecule has 0 N–H and O–H groups in total. The molecule has 0 unspecified atom stereocenters. The Morgan fingerprint density at radius 3 is 2.31 bits per heavy atom. The van der Waals surface area contributed by atoms with Gasteiger partial charge in [0.1, 0.15) is 0 Å². The van der Waals surface area contributed by atoms with E-state index in [1.807, 2.05) is 0 Å². The lowest BCUT2D eigenvalue weighted by molar-refractivity contribution is 0.562. The maximum absolute atomic E-state index is 9.69. The van der Waals surface area contributed by atoms with E-state index in [1.54, 1.807) is 6.54 Å². The van der Waals surface area contributed by atoms with Crippen molar-refractivity contribution in [3.63, 3.8) is 0 Å². The number of rotatable bonds is 9. The van der Waals surface area contributed by atoms with Gasteiger partial charge in [0.05, 0.1) is 6.54 Å². The molecule has 0 aromatic heterocycles. The third-order valence-corrected chi connectivity index (χ3v) is 2.08. The highest BCUT2D eigenvalue weighted by molar-refractivity contribution is 5.33. The number of carbonyl (C=O) groups excluding carboxylic acids is 1. The van der Waals surface area contributed by atoms with Gasteiger partial charge in [-0.1, -0.05) is 51.9 Å². The summed E-state index contributed by atoms with van der Waals surface area (Å²) in [6, 6.07) is 0. The fourth-order valence-electron chi connectivity index (χ4n) is 1.29. The van der Waals surface area contributed by atoms with Crippen LogP contribution in [0.3, 0.4) is 0 Å². The molecule has 0 aromatic rings. The minimum atomic E-state index is 0.920. The zero-order chi connectivity index (χ0) is 9.78. The summed E-state index contributed by atoms with van der Waals surface area (Å²) in [6.07, 6.45) is 11.5. The van der Waals surface area contributed by atoms with E-state index in [9.17, 15) is 4.79 Å². The minimum Gasteiger partial charge on any atom is -0.211 e. The SMILES string of the molecule is CCCCCCCCC[CH]N=C=O. The molecule has 0 aliphatic carbocycles. The van der Waals surface area contributed by atoms with Gasteiger partial charge in [0.2, 0.25) is 6.08 Å². The van der Waals surface area contributed by atoms with Crippen molar-refractivity contribution >= 4 is 6.08 Å². The first-order chi connectivity index (χ1) is 6.41. The highest BCUT2D eigenvalue weighted by atomic mass is 16.1. The number of unbranched alkanes of at least 4 members (excludes halogenated alkanes) is 7.